The van der Waals surface area contributed by atoms with Crippen molar-refractivity contribution in [1.29, 1.82) is 5.26 Å². The molecule has 61 heavy (non-hydrogen) atoms. The zero-order valence-corrected chi connectivity index (χ0v) is 34.1. The predicted octanol–water partition coefficient (Wildman–Crippen LogP) is 13.5. The molecule has 0 atom stereocenters. The minimum absolute atomic E-state index is 0.0651. The predicted molar refractivity (Wildman–Crippen MR) is 248 cm³/mol. The molecule has 3 aromatic heterocycles. The van der Waals surface area contributed by atoms with Crippen LogP contribution in [0.15, 0.2) is 188 Å². The summed E-state index contributed by atoms with van der Waals surface area (Å²) in [5, 5.41) is 13.1. The van der Waals surface area contributed by atoms with Crippen LogP contribution in [0.25, 0.3) is 95.3 Å². The van der Waals surface area contributed by atoms with Crippen molar-refractivity contribution in [3.63, 3.8) is 0 Å². The zero-order chi connectivity index (χ0) is 41.5. The van der Waals surface area contributed by atoms with Gasteiger partial charge in [-0.3, -0.25) is 0 Å². The molecule has 0 spiro atoms. The highest BCUT2D eigenvalue weighted by Gasteiger charge is 2.26. The van der Waals surface area contributed by atoms with E-state index in [-0.39, 0.29) is 5.41 Å². The van der Waals surface area contributed by atoms with E-state index in [0.717, 1.165) is 72.4 Å². The second kappa shape index (κ2) is 15.3. The van der Waals surface area contributed by atoms with Gasteiger partial charge in [-0.05, 0) is 53.4 Å². The summed E-state index contributed by atoms with van der Waals surface area (Å²) in [7, 11) is 0. The molecule has 0 N–H and O–H groups in total. The minimum Gasteiger partial charge on any atom is -0.308 e. The van der Waals surface area contributed by atoms with Crippen molar-refractivity contribution in [3.05, 3.63) is 199 Å². The molecule has 10 aromatic rings. The summed E-state index contributed by atoms with van der Waals surface area (Å²) in [6.45, 7) is 6.74. The van der Waals surface area contributed by atoms with Crippen LogP contribution in [0, 0.1) is 11.3 Å². The lowest BCUT2D eigenvalue weighted by Crippen LogP contribution is -2.10. The first-order valence-corrected chi connectivity index (χ1v) is 20.5. The van der Waals surface area contributed by atoms with Gasteiger partial charge in [-0.2, -0.15) is 5.26 Å². The maximum Gasteiger partial charge on any atom is 0.162 e. The summed E-state index contributed by atoms with van der Waals surface area (Å²) in [5.41, 5.74) is 12.7. The fraction of sp³-hybridized carbons (Fsp3) is 0.0727. The maximum atomic E-state index is 10.9. The number of aromatic nitrogens is 5. The summed E-state index contributed by atoms with van der Waals surface area (Å²) in [5.74, 6) is 1.07. The highest BCUT2D eigenvalue weighted by molar-refractivity contribution is 6.11. The summed E-state index contributed by atoms with van der Waals surface area (Å²) in [6, 6.07) is 66.3. The van der Waals surface area contributed by atoms with Crippen LogP contribution in [0.1, 0.15) is 31.9 Å². The Morgan fingerprint density at radius 2 is 0.885 bits per heavy atom. The van der Waals surface area contributed by atoms with Gasteiger partial charge in [-0.25, -0.2) is 19.9 Å². The van der Waals surface area contributed by atoms with Gasteiger partial charge in [0.2, 0.25) is 0 Å². The number of hydrogen-bond acceptors (Lipinski definition) is 5. The Labute approximate surface area is 355 Å². The Hall–Kier alpha value is -8.01. The van der Waals surface area contributed by atoms with Crippen LogP contribution in [0.4, 0.5) is 0 Å². The molecule has 0 fully saturated rings. The number of para-hydroxylation sites is 1. The summed E-state index contributed by atoms with van der Waals surface area (Å²) in [4.78, 5) is 21.2. The molecule has 6 heteroatoms. The molecule has 0 aliphatic heterocycles. The number of hydrogen-bond donors (Lipinski definition) is 0. The lowest BCUT2D eigenvalue weighted by Gasteiger charge is -2.21. The van der Waals surface area contributed by atoms with Gasteiger partial charge < -0.3 is 4.57 Å². The Balaban J connectivity index is 1.37. The summed E-state index contributed by atoms with van der Waals surface area (Å²) in [6.07, 6.45) is 0. The first kappa shape index (κ1) is 37.3. The molecular weight excluding hydrogens is 745 g/mol. The maximum absolute atomic E-state index is 10.9. The highest BCUT2D eigenvalue weighted by Crippen LogP contribution is 2.43. The molecule has 0 aliphatic rings. The SMILES string of the molecule is CC(C)(C)c1ccc2c(c1)c1ccccc1n2-c1c(-c2cc(-c3ccccc3)nc(-c3ccccc3)n2)cc(C#N)cc1-c1nc(-c2ccccc2)cc(-c2ccccc2)n1. The number of nitrogens with zero attached hydrogens (tertiary/aromatic N) is 6. The molecule has 7 aromatic carbocycles. The van der Waals surface area contributed by atoms with Crippen molar-refractivity contribution < 1.29 is 0 Å². The molecule has 0 saturated carbocycles. The van der Waals surface area contributed by atoms with Gasteiger partial charge >= 0.3 is 0 Å². The fourth-order valence-electron chi connectivity index (χ4n) is 8.13. The number of rotatable bonds is 7. The second-order valence-electron chi connectivity index (χ2n) is 16.3. The van der Waals surface area contributed by atoms with Crippen LogP contribution in [0.2, 0.25) is 0 Å². The number of nitriles is 1. The monoisotopic (exact) mass is 784 g/mol. The standard InChI is InChI=1S/C55H40N6/c1-55(2,3)41-28-29-51-43(32-41)42-26-16-17-27-50(42)61(51)52-44(49-34-48(39-22-12-6-13-23-39)57-53(60-49)40-24-14-7-15-25-40)30-36(35-56)31-45(52)54-58-46(37-18-8-4-9-19-37)33-47(59-54)38-20-10-5-11-21-38/h4-34H,1-3H3. The van der Waals surface area contributed by atoms with Crippen LogP contribution < -0.4 is 0 Å². The average molecular weight is 785 g/mol. The van der Waals surface area contributed by atoms with Gasteiger partial charge in [-0.15, -0.1) is 0 Å². The Morgan fingerprint density at radius 1 is 0.426 bits per heavy atom. The third-order valence-electron chi connectivity index (χ3n) is 11.2. The molecule has 0 radical (unpaired) electrons. The molecule has 290 valence electrons. The van der Waals surface area contributed by atoms with Crippen LogP contribution in [-0.4, -0.2) is 24.5 Å². The fourth-order valence-corrected chi connectivity index (χ4v) is 8.13. The molecular formula is C55H40N6. The zero-order valence-electron chi connectivity index (χ0n) is 34.1. The van der Waals surface area contributed by atoms with Crippen molar-refractivity contribution in [2.45, 2.75) is 26.2 Å². The molecule has 0 saturated heterocycles. The first-order chi connectivity index (χ1) is 29.8. The van der Waals surface area contributed by atoms with Gasteiger partial charge in [0.05, 0.1) is 51.1 Å². The van der Waals surface area contributed by atoms with E-state index >= 15 is 0 Å². The van der Waals surface area contributed by atoms with Gasteiger partial charge in [0.1, 0.15) is 0 Å². The third kappa shape index (κ3) is 7.03. The van der Waals surface area contributed by atoms with E-state index in [1.165, 1.54) is 5.56 Å². The second-order valence-corrected chi connectivity index (χ2v) is 16.3. The van der Waals surface area contributed by atoms with Gasteiger partial charge in [0, 0.05) is 44.2 Å². The van der Waals surface area contributed by atoms with Gasteiger partial charge in [0.15, 0.2) is 11.6 Å². The summed E-state index contributed by atoms with van der Waals surface area (Å²) >= 11 is 0. The van der Waals surface area contributed by atoms with Crippen LogP contribution >= 0.6 is 0 Å². The summed E-state index contributed by atoms with van der Waals surface area (Å²) < 4.78 is 2.32. The largest absolute Gasteiger partial charge is 0.308 e. The lowest BCUT2D eigenvalue weighted by molar-refractivity contribution is 0.591. The van der Waals surface area contributed by atoms with E-state index < -0.39 is 0 Å². The molecule has 0 amide bonds. The average Bonchev–Trinajstić information content (AvgIpc) is 3.65. The third-order valence-corrected chi connectivity index (χ3v) is 11.2. The van der Waals surface area contributed by atoms with E-state index in [9.17, 15) is 5.26 Å². The van der Waals surface area contributed by atoms with Crippen molar-refractivity contribution in [3.8, 4) is 79.6 Å². The van der Waals surface area contributed by atoms with Crippen molar-refractivity contribution in [1.82, 2.24) is 24.5 Å². The van der Waals surface area contributed by atoms with Crippen LogP contribution in [-0.2, 0) is 5.41 Å². The van der Waals surface area contributed by atoms with Crippen molar-refractivity contribution in [2.75, 3.05) is 0 Å². The minimum atomic E-state index is -0.0651. The number of fused-ring (bicyclic) bond motifs is 3. The molecule has 0 unspecified atom stereocenters. The van der Waals surface area contributed by atoms with Crippen molar-refractivity contribution >= 4 is 21.8 Å². The quantitative estimate of drug-likeness (QED) is 0.161. The van der Waals surface area contributed by atoms with Crippen LogP contribution in [0.3, 0.4) is 0 Å². The van der Waals surface area contributed by atoms with Gasteiger partial charge in [0.25, 0.3) is 0 Å². The number of benzene rings is 7. The molecule has 3 heterocycles. The molecule has 0 bridgehead atoms. The smallest absolute Gasteiger partial charge is 0.162 e. The topological polar surface area (TPSA) is 80.3 Å². The van der Waals surface area contributed by atoms with Crippen LogP contribution in [0.5, 0.6) is 0 Å². The molecule has 0 aliphatic carbocycles. The Bertz CT molecular complexity index is 3010. The normalized spacial score (nSPS) is 11.5. The molecule has 6 nitrogen and oxygen atoms in total. The van der Waals surface area contributed by atoms with Gasteiger partial charge in [-0.1, -0.05) is 166 Å². The van der Waals surface area contributed by atoms with E-state index in [1.54, 1.807) is 0 Å². The van der Waals surface area contributed by atoms with E-state index in [0.29, 0.717) is 28.5 Å². The Kier molecular flexibility index (Phi) is 9.35. The highest BCUT2D eigenvalue weighted by atomic mass is 15.0. The van der Waals surface area contributed by atoms with E-state index in [4.69, 9.17) is 19.9 Å². The van der Waals surface area contributed by atoms with E-state index in [2.05, 4.69) is 110 Å². The molecule has 10 rings (SSSR count). The van der Waals surface area contributed by atoms with E-state index in [1.807, 2.05) is 109 Å². The lowest BCUT2D eigenvalue weighted by atomic mass is 9.86. The first-order valence-electron chi connectivity index (χ1n) is 20.5. The van der Waals surface area contributed by atoms with Crippen molar-refractivity contribution in [2.24, 2.45) is 0 Å². The Morgan fingerprint density at radius 3 is 1.44 bits per heavy atom.